The van der Waals surface area contributed by atoms with Crippen LogP contribution in [0.2, 0.25) is 0 Å². The molecule has 0 spiro atoms. The Morgan fingerprint density at radius 1 is 0.600 bits per heavy atom. The van der Waals surface area contributed by atoms with Crippen molar-refractivity contribution < 1.29 is 14.2 Å². The van der Waals surface area contributed by atoms with Crippen molar-refractivity contribution in [3.05, 3.63) is 65.7 Å². The number of hydrogen-bond acceptors (Lipinski definition) is 4. The van der Waals surface area contributed by atoms with E-state index < -0.39 is 0 Å². The third kappa shape index (κ3) is 4.22. The van der Waals surface area contributed by atoms with Crippen LogP contribution in [-0.2, 0) is 13.1 Å². The fourth-order valence-corrected chi connectivity index (χ4v) is 2.83. The molecule has 3 aromatic carbocycles. The van der Waals surface area contributed by atoms with Gasteiger partial charge in [-0.05, 0) is 52.2 Å². The standard InChI is InChI=1S/C21H23NO3/c1-23-19-7-6-17-8-15(4-5-18(17)11-19)13-22-14-16-9-20(24-2)12-21(10-16)25-3/h4-12,22H,13-14H2,1-3H3. The van der Waals surface area contributed by atoms with Crippen LogP contribution in [0.5, 0.6) is 17.2 Å². The first-order chi connectivity index (χ1) is 12.2. The molecular weight excluding hydrogens is 314 g/mol. The molecule has 0 fully saturated rings. The van der Waals surface area contributed by atoms with Crippen LogP contribution < -0.4 is 19.5 Å². The summed E-state index contributed by atoms with van der Waals surface area (Å²) in [7, 11) is 5.01. The van der Waals surface area contributed by atoms with Gasteiger partial charge >= 0.3 is 0 Å². The van der Waals surface area contributed by atoms with E-state index >= 15 is 0 Å². The fraction of sp³-hybridized carbons (Fsp3) is 0.238. The summed E-state index contributed by atoms with van der Waals surface area (Å²) in [6.07, 6.45) is 0. The number of benzene rings is 3. The number of hydrogen-bond donors (Lipinski definition) is 1. The van der Waals surface area contributed by atoms with Gasteiger partial charge in [0.15, 0.2) is 0 Å². The summed E-state index contributed by atoms with van der Waals surface area (Å²) in [5.41, 5.74) is 2.37. The Labute approximate surface area is 148 Å². The zero-order valence-electron chi connectivity index (χ0n) is 14.8. The minimum atomic E-state index is 0.744. The van der Waals surface area contributed by atoms with E-state index in [1.165, 1.54) is 16.3 Å². The van der Waals surface area contributed by atoms with Crippen LogP contribution in [-0.4, -0.2) is 21.3 Å². The largest absolute Gasteiger partial charge is 0.497 e. The molecule has 0 aliphatic carbocycles. The Balaban J connectivity index is 1.66. The number of methoxy groups -OCH3 is 3. The number of rotatable bonds is 7. The van der Waals surface area contributed by atoms with Gasteiger partial charge in [0, 0.05) is 19.2 Å². The Bertz CT molecular complexity index is 839. The Hall–Kier alpha value is -2.72. The van der Waals surface area contributed by atoms with Crippen LogP contribution in [0.15, 0.2) is 54.6 Å². The molecule has 0 amide bonds. The van der Waals surface area contributed by atoms with Crippen molar-refractivity contribution in [3.63, 3.8) is 0 Å². The number of fused-ring (bicyclic) bond motifs is 1. The Morgan fingerprint density at radius 3 is 1.88 bits per heavy atom. The predicted octanol–water partition coefficient (Wildman–Crippen LogP) is 4.16. The molecule has 0 saturated carbocycles. The van der Waals surface area contributed by atoms with Gasteiger partial charge in [-0.15, -0.1) is 0 Å². The molecule has 0 atom stereocenters. The first-order valence-electron chi connectivity index (χ1n) is 8.21. The highest BCUT2D eigenvalue weighted by atomic mass is 16.5. The molecule has 0 aliphatic heterocycles. The van der Waals surface area contributed by atoms with Gasteiger partial charge in [0.2, 0.25) is 0 Å². The van der Waals surface area contributed by atoms with Crippen LogP contribution in [0.4, 0.5) is 0 Å². The molecule has 3 aromatic rings. The summed E-state index contributed by atoms with van der Waals surface area (Å²) in [6, 6.07) is 18.5. The second kappa shape index (κ2) is 7.90. The van der Waals surface area contributed by atoms with E-state index in [4.69, 9.17) is 14.2 Å². The maximum Gasteiger partial charge on any atom is 0.122 e. The topological polar surface area (TPSA) is 39.7 Å². The number of ether oxygens (including phenoxy) is 3. The lowest BCUT2D eigenvalue weighted by Crippen LogP contribution is -2.12. The Kier molecular flexibility index (Phi) is 5.41. The average Bonchev–Trinajstić information content (AvgIpc) is 2.67. The van der Waals surface area contributed by atoms with Crippen LogP contribution in [0, 0.1) is 0 Å². The van der Waals surface area contributed by atoms with E-state index in [1.807, 2.05) is 24.3 Å². The molecule has 0 heterocycles. The van der Waals surface area contributed by atoms with Crippen molar-refractivity contribution in [2.75, 3.05) is 21.3 Å². The molecule has 130 valence electrons. The summed E-state index contributed by atoms with van der Waals surface area (Å²) in [5, 5.41) is 5.86. The average molecular weight is 337 g/mol. The second-order valence-corrected chi connectivity index (χ2v) is 5.87. The first kappa shape index (κ1) is 17.1. The maximum absolute atomic E-state index is 5.31. The lowest BCUT2D eigenvalue weighted by atomic mass is 10.1. The highest BCUT2D eigenvalue weighted by Crippen LogP contribution is 2.23. The van der Waals surface area contributed by atoms with Crippen molar-refractivity contribution in [1.29, 1.82) is 0 Å². The summed E-state index contributed by atoms with van der Waals surface area (Å²) in [4.78, 5) is 0. The van der Waals surface area contributed by atoms with Crippen molar-refractivity contribution >= 4 is 10.8 Å². The molecule has 4 nitrogen and oxygen atoms in total. The molecule has 25 heavy (non-hydrogen) atoms. The fourth-order valence-electron chi connectivity index (χ4n) is 2.83. The zero-order valence-corrected chi connectivity index (χ0v) is 14.8. The van der Waals surface area contributed by atoms with E-state index in [0.717, 1.165) is 35.9 Å². The first-order valence-corrected chi connectivity index (χ1v) is 8.21. The summed E-state index contributed by atoms with van der Waals surface area (Å²) in [6.45, 7) is 1.54. The van der Waals surface area contributed by atoms with Gasteiger partial charge < -0.3 is 19.5 Å². The normalized spacial score (nSPS) is 10.7. The molecular formula is C21H23NO3. The summed E-state index contributed by atoms with van der Waals surface area (Å²) >= 11 is 0. The van der Waals surface area contributed by atoms with Gasteiger partial charge in [-0.2, -0.15) is 0 Å². The van der Waals surface area contributed by atoms with Gasteiger partial charge in [0.05, 0.1) is 21.3 Å². The van der Waals surface area contributed by atoms with E-state index in [0.29, 0.717) is 0 Å². The quantitative estimate of drug-likeness (QED) is 0.703. The molecule has 4 heteroatoms. The Morgan fingerprint density at radius 2 is 1.20 bits per heavy atom. The van der Waals surface area contributed by atoms with E-state index in [-0.39, 0.29) is 0 Å². The molecule has 0 aliphatic rings. The molecule has 0 saturated heterocycles. The highest BCUT2D eigenvalue weighted by molar-refractivity contribution is 5.84. The number of nitrogens with one attached hydrogen (secondary N) is 1. The SMILES string of the molecule is COc1cc(CNCc2ccc3cc(OC)ccc3c2)cc(OC)c1. The van der Waals surface area contributed by atoms with Crippen molar-refractivity contribution in [3.8, 4) is 17.2 Å². The molecule has 0 radical (unpaired) electrons. The van der Waals surface area contributed by atoms with Crippen molar-refractivity contribution in [1.82, 2.24) is 5.32 Å². The van der Waals surface area contributed by atoms with E-state index in [2.05, 4.69) is 35.6 Å². The van der Waals surface area contributed by atoms with Gasteiger partial charge in [-0.25, -0.2) is 0 Å². The molecule has 3 rings (SSSR count). The van der Waals surface area contributed by atoms with E-state index in [1.54, 1.807) is 21.3 Å². The van der Waals surface area contributed by atoms with Crippen LogP contribution in [0.1, 0.15) is 11.1 Å². The third-order valence-electron chi connectivity index (χ3n) is 4.18. The van der Waals surface area contributed by atoms with Gasteiger partial charge in [-0.1, -0.05) is 18.2 Å². The minimum Gasteiger partial charge on any atom is -0.497 e. The summed E-state index contributed by atoms with van der Waals surface area (Å²) in [5.74, 6) is 2.48. The monoisotopic (exact) mass is 337 g/mol. The summed E-state index contributed by atoms with van der Waals surface area (Å²) < 4.78 is 15.9. The molecule has 0 aromatic heterocycles. The van der Waals surface area contributed by atoms with Crippen LogP contribution in [0.25, 0.3) is 10.8 Å². The third-order valence-corrected chi connectivity index (χ3v) is 4.18. The van der Waals surface area contributed by atoms with Crippen LogP contribution in [0.3, 0.4) is 0 Å². The van der Waals surface area contributed by atoms with Crippen molar-refractivity contribution in [2.45, 2.75) is 13.1 Å². The van der Waals surface area contributed by atoms with Gasteiger partial charge in [-0.3, -0.25) is 0 Å². The van der Waals surface area contributed by atoms with Crippen LogP contribution >= 0.6 is 0 Å². The highest BCUT2D eigenvalue weighted by Gasteiger charge is 2.03. The van der Waals surface area contributed by atoms with Gasteiger partial charge in [0.25, 0.3) is 0 Å². The predicted molar refractivity (Wildman–Crippen MR) is 101 cm³/mol. The van der Waals surface area contributed by atoms with E-state index in [9.17, 15) is 0 Å². The van der Waals surface area contributed by atoms with Gasteiger partial charge in [0.1, 0.15) is 17.2 Å². The van der Waals surface area contributed by atoms with Crippen molar-refractivity contribution in [2.24, 2.45) is 0 Å². The molecule has 0 bridgehead atoms. The lowest BCUT2D eigenvalue weighted by molar-refractivity contribution is 0.393. The second-order valence-electron chi connectivity index (χ2n) is 5.87. The minimum absolute atomic E-state index is 0.744. The zero-order chi connectivity index (χ0) is 17.6. The lowest BCUT2D eigenvalue weighted by Gasteiger charge is -2.10. The molecule has 1 N–H and O–H groups in total. The maximum atomic E-state index is 5.31. The molecule has 0 unspecified atom stereocenters. The smallest absolute Gasteiger partial charge is 0.122 e.